The van der Waals surface area contributed by atoms with Gasteiger partial charge in [0.05, 0.1) is 18.1 Å². The molecule has 4 nitrogen and oxygen atoms in total. The molecule has 5 aliphatic carbocycles. The van der Waals surface area contributed by atoms with Crippen LogP contribution in [0.15, 0.2) is 12.2 Å². The van der Waals surface area contributed by atoms with E-state index < -0.39 is 22.9 Å². The number of fused-ring (bicyclic) bond motifs is 7. The first-order valence-electron chi connectivity index (χ1n) is 14.0. The fraction of sp³-hybridized carbons (Fsp3) is 0.900. The highest BCUT2D eigenvalue weighted by Gasteiger charge is 2.72. The van der Waals surface area contributed by atoms with Gasteiger partial charge in [0.1, 0.15) is 0 Å². The lowest BCUT2D eigenvalue weighted by Crippen LogP contribution is -2.67. The lowest BCUT2D eigenvalue weighted by atomic mass is 9.32. The van der Waals surface area contributed by atoms with Crippen LogP contribution in [-0.2, 0) is 4.79 Å². The zero-order valence-corrected chi connectivity index (χ0v) is 22.2. The maximum atomic E-state index is 12.8. The van der Waals surface area contributed by atoms with Crippen LogP contribution in [0, 0.1) is 56.7 Å². The monoisotopic (exact) mass is 472 g/mol. The van der Waals surface area contributed by atoms with Gasteiger partial charge in [-0.3, -0.25) is 4.79 Å². The van der Waals surface area contributed by atoms with E-state index in [1.54, 1.807) is 0 Å². The molecule has 0 aromatic rings. The van der Waals surface area contributed by atoms with Crippen LogP contribution in [0.1, 0.15) is 98.8 Å². The molecule has 0 spiro atoms. The molecule has 34 heavy (non-hydrogen) atoms. The minimum atomic E-state index is -0.567. The largest absolute Gasteiger partial charge is 0.481 e. The summed E-state index contributed by atoms with van der Waals surface area (Å²) in [6, 6.07) is 0. The minimum Gasteiger partial charge on any atom is -0.481 e. The van der Waals surface area contributed by atoms with E-state index in [-0.39, 0.29) is 28.8 Å². The molecule has 192 valence electrons. The van der Waals surface area contributed by atoms with Crippen molar-refractivity contribution in [1.29, 1.82) is 0 Å². The van der Waals surface area contributed by atoms with Gasteiger partial charge >= 0.3 is 5.97 Å². The van der Waals surface area contributed by atoms with Crippen LogP contribution in [0.2, 0.25) is 0 Å². The zero-order valence-electron chi connectivity index (χ0n) is 22.2. The molecular weight excluding hydrogens is 424 g/mol. The predicted octanol–water partition coefficient (Wildman–Crippen LogP) is 6.06. The number of rotatable bonds is 3. The first kappa shape index (κ1) is 24.8. The number of aliphatic hydroxyl groups is 2. The number of carboxylic acids is 1. The Hall–Kier alpha value is -0.870. The van der Waals surface area contributed by atoms with Gasteiger partial charge in [-0.05, 0) is 117 Å². The summed E-state index contributed by atoms with van der Waals surface area (Å²) in [7, 11) is 0. The van der Waals surface area contributed by atoms with Crippen LogP contribution in [-0.4, -0.2) is 34.0 Å². The van der Waals surface area contributed by atoms with Crippen molar-refractivity contribution in [3.8, 4) is 0 Å². The Morgan fingerprint density at radius 3 is 2.21 bits per heavy atom. The fourth-order valence-corrected chi connectivity index (χ4v) is 11.5. The third-order valence-electron chi connectivity index (χ3n) is 13.6. The molecule has 3 N–H and O–H groups in total. The second-order valence-electron chi connectivity index (χ2n) is 14.4. The summed E-state index contributed by atoms with van der Waals surface area (Å²) in [5, 5.41) is 31.8. The molecule has 0 aromatic heterocycles. The van der Waals surface area contributed by atoms with Crippen LogP contribution in [0.25, 0.3) is 0 Å². The molecule has 5 saturated carbocycles. The van der Waals surface area contributed by atoms with E-state index in [0.29, 0.717) is 23.7 Å². The molecule has 0 aromatic carbocycles. The Labute approximate surface area is 206 Å². The van der Waals surface area contributed by atoms with Crippen molar-refractivity contribution >= 4 is 5.97 Å². The van der Waals surface area contributed by atoms with Gasteiger partial charge < -0.3 is 15.3 Å². The third-order valence-corrected chi connectivity index (χ3v) is 13.6. The number of carboxylic acid groups (broad SMARTS) is 1. The first-order chi connectivity index (χ1) is 15.8. The summed E-state index contributed by atoms with van der Waals surface area (Å²) < 4.78 is 0. The molecule has 1 unspecified atom stereocenters. The highest BCUT2D eigenvalue weighted by molar-refractivity contribution is 5.76. The number of aliphatic hydroxyl groups excluding tert-OH is 2. The zero-order chi connectivity index (χ0) is 24.9. The lowest BCUT2D eigenvalue weighted by Gasteiger charge is -2.72. The Morgan fingerprint density at radius 2 is 1.59 bits per heavy atom. The Bertz CT molecular complexity index is 883. The number of hydrogen-bond acceptors (Lipinski definition) is 3. The van der Waals surface area contributed by atoms with Crippen molar-refractivity contribution < 1.29 is 20.1 Å². The standard InChI is InChI=1S/C30H48O4/c1-18(2)19-9-14-30(25(33)34)16-15-28(5)20(24(19)30)7-8-22-26(3)12-11-23(32)27(4,17-31)21(26)10-13-29(22,28)6/h19-24,31-32H,1,7-17H2,2-6H3,(H,33,34)/t19-,20+,21+,22+,23-,24?,26-,27-,28+,29+,30-/m0/s1. The van der Waals surface area contributed by atoms with Gasteiger partial charge in [0.25, 0.3) is 0 Å². The molecule has 5 rings (SSSR count). The van der Waals surface area contributed by atoms with E-state index in [4.69, 9.17) is 0 Å². The summed E-state index contributed by atoms with van der Waals surface area (Å²) in [6.07, 6.45) is 9.43. The summed E-state index contributed by atoms with van der Waals surface area (Å²) in [5.41, 5.74) is 0.586. The van der Waals surface area contributed by atoms with E-state index in [9.17, 15) is 20.1 Å². The lowest BCUT2D eigenvalue weighted by molar-refractivity contribution is -0.254. The average Bonchev–Trinajstić information content (AvgIpc) is 3.18. The topological polar surface area (TPSA) is 77.8 Å². The van der Waals surface area contributed by atoms with Crippen molar-refractivity contribution in [2.75, 3.05) is 6.61 Å². The molecule has 0 amide bonds. The quantitative estimate of drug-likeness (QED) is 0.436. The van der Waals surface area contributed by atoms with E-state index in [2.05, 4.69) is 41.2 Å². The van der Waals surface area contributed by atoms with E-state index in [1.165, 1.54) is 5.57 Å². The van der Waals surface area contributed by atoms with Crippen molar-refractivity contribution in [2.45, 2.75) is 105 Å². The number of allylic oxidation sites excluding steroid dienone is 1. The van der Waals surface area contributed by atoms with Crippen LogP contribution in [0.4, 0.5) is 0 Å². The van der Waals surface area contributed by atoms with E-state index >= 15 is 0 Å². The van der Waals surface area contributed by atoms with Gasteiger partial charge in [-0.1, -0.05) is 39.8 Å². The molecule has 0 aliphatic heterocycles. The van der Waals surface area contributed by atoms with Crippen LogP contribution in [0.5, 0.6) is 0 Å². The average molecular weight is 473 g/mol. The van der Waals surface area contributed by atoms with Gasteiger partial charge in [-0.15, -0.1) is 0 Å². The summed E-state index contributed by atoms with van der Waals surface area (Å²) >= 11 is 0. The molecule has 11 atom stereocenters. The first-order valence-corrected chi connectivity index (χ1v) is 14.0. The van der Waals surface area contributed by atoms with Gasteiger partial charge in [-0.25, -0.2) is 0 Å². The SMILES string of the molecule is C=C(C)[C@@H]1CC[C@]2(C(=O)O)CC[C@]3(C)[C@H](CC[C@@H]4[C@@]5(C)CC[C@H](O)[C@@](C)(CO)[C@@H]5CC[C@]43C)C12. The van der Waals surface area contributed by atoms with Crippen LogP contribution >= 0.6 is 0 Å². The van der Waals surface area contributed by atoms with Gasteiger partial charge in [-0.2, -0.15) is 0 Å². The molecular formula is C30H48O4. The normalized spacial score (nSPS) is 56.6. The molecule has 0 radical (unpaired) electrons. The van der Waals surface area contributed by atoms with Gasteiger partial charge in [0, 0.05) is 5.41 Å². The van der Waals surface area contributed by atoms with Crippen LogP contribution in [0.3, 0.4) is 0 Å². The number of hydrogen-bond donors (Lipinski definition) is 3. The Balaban J connectivity index is 1.56. The highest BCUT2D eigenvalue weighted by atomic mass is 16.4. The van der Waals surface area contributed by atoms with Gasteiger partial charge in [0.15, 0.2) is 0 Å². The number of aliphatic carboxylic acids is 1. The summed E-state index contributed by atoms with van der Waals surface area (Å²) in [4.78, 5) is 12.8. The predicted molar refractivity (Wildman–Crippen MR) is 134 cm³/mol. The maximum absolute atomic E-state index is 12.8. The third kappa shape index (κ3) is 2.76. The summed E-state index contributed by atoms with van der Waals surface area (Å²) in [5.74, 6) is 1.30. The fourth-order valence-electron chi connectivity index (χ4n) is 11.5. The number of carbonyl (C=O) groups is 1. The Kier molecular flexibility index (Phi) is 5.52. The van der Waals surface area contributed by atoms with Crippen molar-refractivity contribution in [3.05, 3.63) is 12.2 Å². The molecule has 5 fully saturated rings. The van der Waals surface area contributed by atoms with Gasteiger partial charge in [0.2, 0.25) is 0 Å². The van der Waals surface area contributed by atoms with E-state index in [0.717, 1.165) is 64.2 Å². The smallest absolute Gasteiger partial charge is 0.309 e. The Morgan fingerprint density at radius 1 is 0.882 bits per heavy atom. The maximum Gasteiger partial charge on any atom is 0.309 e. The van der Waals surface area contributed by atoms with Crippen molar-refractivity contribution in [3.63, 3.8) is 0 Å². The van der Waals surface area contributed by atoms with Crippen molar-refractivity contribution in [1.82, 2.24) is 0 Å². The molecule has 0 bridgehead atoms. The minimum absolute atomic E-state index is 0.0568. The summed E-state index contributed by atoms with van der Waals surface area (Å²) in [6.45, 7) is 16.2. The second-order valence-corrected chi connectivity index (χ2v) is 14.4. The van der Waals surface area contributed by atoms with E-state index in [1.807, 2.05) is 0 Å². The second kappa shape index (κ2) is 7.57. The molecule has 0 heterocycles. The van der Waals surface area contributed by atoms with Crippen molar-refractivity contribution in [2.24, 2.45) is 56.7 Å². The molecule has 4 heteroatoms. The molecule has 5 aliphatic rings. The highest BCUT2D eigenvalue weighted by Crippen LogP contribution is 2.77. The molecule has 0 saturated heterocycles. The van der Waals surface area contributed by atoms with Crippen LogP contribution < -0.4 is 0 Å².